The van der Waals surface area contributed by atoms with E-state index in [1.165, 1.54) is 6.07 Å². The monoisotopic (exact) mass is 229 g/mol. The summed E-state index contributed by atoms with van der Waals surface area (Å²) in [7, 11) is 1.45. The van der Waals surface area contributed by atoms with Crippen LogP contribution in [0.25, 0.3) is 0 Å². The highest BCUT2D eigenvalue weighted by Crippen LogP contribution is 2.24. The predicted octanol–water partition coefficient (Wildman–Crippen LogP) is 2.10. The normalized spacial score (nSPS) is 11.0. The van der Waals surface area contributed by atoms with E-state index in [0.717, 1.165) is 5.56 Å². The van der Waals surface area contributed by atoms with Gasteiger partial charge < -0.3 is 0 Å². The molecule has 0 bridgehead atoms. The van der Waals surface area contributed by atoms with Crippen molar-refractivity contribution < 1.29 is 8.42 Å². The van der Waals surface area contributed by atoms with Crippen molar-refractivity contribution in [3.8, 4) is 6.07 Å². The van der Waals surface area contributed by atoms with Gasteiger partial charge in [-0.25, -0.2) is 8.42 Å². The molecule has 0 aliphatic heterocycles. The third kappa shape index (κ3) is 1.89. The minimum atomic E-state index is -3.76. The standard InChI is InChI=1S/C9H8ClNO2S/c1-6-3-4-9(14(10,12)13)7(2)8(6)5-11/h3-4H,1-2H3. The molecular formula is C9H8ClNO2S. The average Bonchev–Trinajstić information content (AvgIpc) is 2.02. The van der Waals surface area contributed by atoms with Crippen LogP contribution in [0.15, 0.2) is 17.0 Å². The van der Waals surface area contributed by atoms with E-state index >= 15 is 0 Å². The van der Waals surface area contributed by atoms with Gasteiger partial charge in [-0.3, -0.25) is 0 Å². The molecule has 0 spiro atoms. The van der Waals surface area contributed by atoms with Crippen molar-refractivity contribution in [1.29, 1.82) is 5.26 Å². The summed E-state index contributed by atoms with van der Waals surface area (Å²) in [5.41, 5.74) is 1.52. The van der Waals surface area contributed by atoms with Gasteiger partial charge in [-0.15, -0.1) is 0 Å². The molecular weight excluding hydrogens is 222 g/mol. The lowest BCUT2D eigenvalue weighted by Gasteiger charge is -2.05. The molecule has 0 N–H and O–H groups in total. The van der Waals surface area contributed by atoms with Crippen LogP contribution in [0.3, 0.4) is 0 Å². The molecule has 74 valence electrons. The highest BCUT2D eigenvalue weighted by atomic mass is 35.7. The number of aryl methyl sites for hydroxylation is 1. The number of nitriles is 1. The van der Waals surface area contributed by atoms with Gasteiger partial charge in [0.15, 0.2) is 0 Å². The Morgan fingerprint density at radius 1 is 1.36 bits per heavy atom. The zero-order valence-electron chi connectivity index (χ0n) is 7.70. The minimum absolute atomic E-state index is 0.00122. The number of nitrogens with zero attached hydrogens (tertiary/aromatic N) is 1. The predicted molar refractivity (Wildman–Crippen MR) is 53.7 cm³/mol. The van der Waals surface area contributed by atoms with Crippen LogP contribution in [0, 0.1) is 25.2 Å². The fourth-order valence-corrected chi connectivity index (χ4v) is 2.46. The lowest BCUT2D eigenvalue weighted by molar-refractivity contribution is 0.609. The van der Waals surface area contributed by atoms with Gasteiger partial charge in [0.1, 0.15) is 0 Å². The lowest BCUT2D eigenvalue weighted by Crippen LogP contribution is -1.98. The van der Waals surface area contributed by atoms with E-state index in [-0.39, 0.29) is 4.90 Å². The molecule has 0 heterocycles. The second-order valence-electron chi connectivity index (χ2n) is 2.93. The van der Waals surface area contributed by atoms with E-state index < -0.39 is 9.05 Å². The lowest BCUT2D eigenvalue weighted by atomic mass is 10.0. The maximum absolute atomic E-state index is 11.1. The molecule has 0 saturated carbocycles. The molecule has 5 heteroatoms. The van der Waals surface area contributed by atoms with Crippen LogP contribution in [-0.4, -0.2) is 8.42 Å². The van der Waals surface area contributed by atoms with Crippen molar-refractivity contribution in [3.63, 3.8) is 0 Å². The largest absolute Gasteiger partial charge is 0.261 e. The Morgan fingerprint density at radius 2 is 1.93 bits per heavy atom. The molecule has 0 unspecified atom stereocenters. The summed E-state index contributed by atoms with van der Waals surface area (Å²) in [4.78, 5) is 0.00122. The highest BCUT2D eigenvalue weighted by molar-refractivity contribution is 8.13. The summed E-state index contributed by atoms with van der Waals surface area (Å²) in [5.74, 6) is 0. The first kappa shape index (κ1) is 11.0. The SMILES string of the molecule is Cc1ccc(S(=O)(=O)Cl)c(C)c1C#N. The van der Waals surface area contributed by atoms with E-state index in [1.807, 2.05) is 6.07 Å². The minimum Gasteiger partial charge on any atom is -0.207 e. The molecule has 0 radical (unpaired) electrons. The number of halogens is 1. The van der Waals surface area contributed by atoms with Crippen LogP contribution >= 0.6 is 10.7 Å². The van der Waals surface area contributed by atoms with Crippen molar-refractivity contribution >= 4 is 19.7 Å². The molecule has 0 saturated heterocycles. The van der Waals surface area contributed by atoms with Crippen molar-refractivity contribution in [2.75, 3.05) is 0 Å². The summed E-state index contributed by atoms with van der Waals surface area (Å²) >= 11 is 0. The van der Waals surface area contributed by atoms with Crippen LogP contribution in [0.4, 0.5) is 0 Å². The van der Waals surface area contributed by atoms with Gasteiger partial charge in [0, 0.05) is 10.7 Å². The molecule has 1 aromatic rings. The van der Waals surface area contributed by atoms with Gasteiger partial charge in [-0.2, -0.15) is 5.26 Å². The van der Waals surface area contributed by atoms with Gasteiger partial charge in [-0.1, -0.05) is 6.07 Å². The maximum Gasteiger partial charge on any atom is 0.261 e. The van der Waals surface area contributed by atoms with Crippen molar-refractivity contribution in [1.82, 2.24) is 0 Å². The Morgan fingerprint density at radius 3 is 2.36 bits per heavy atom. The first-order chi connectivity index (χ1) is 6.38. The quantitative estimate of drug-likeness (QED) is 0.693. The van der Waals surface area contributed by atoms with Crippen LogP contribution in [0.1, 0.15) is 16.7 Å². The van der Waals surface area contributed by atoms with E-state index in [4.69, 9.17) is 15.9 Å². The Balaban J connectivity index is 3.62. The van der Waals surface area contributed by atoms with Gasteiger partial charge >= 0.3 is 0 Å². The number of rotatable bonds is 1. The van der Waals surface area contributed by atoms with Crippen molar-refractivity contribution in [3.05, 3.63) is 28.8 Å². The summed E-state index contributed by atoms with van der Waals surface area (Å²) in [5, 5.41) is 8.80. The molecule has 0 fully saturated rings. The molecule has 14 heavy (non-hydrogen) atoms. The Kier molecular flexibility index (Phi) is 2.84. The third-order valence-corrected chi connectivity index (χ3v) is 3.46. The first-order valence-corrected chi connectivity index (χ1v) is 6.14. The number of hydrogen-bond donors (Lipinski definition) is 0. The highest BCUT2D eigenvalue weighted by Gasteiger charge is 2.16. The summed E-state index contributed by atoms with van der Waals surface area (Å²) in [6.07, 6.45) is 0. The van der Waals surface area contributed by atoms with Gasteiger partial charge in [0.2, 0.25) is 0 Å². The fraction of sp³-hybridized carbons (Fsp3) is 0.222. The van der Waals surface area contributed by atoms with Gasteiger partial charge in [-0.05, 0) is 31.0 Å². The molecule has 1 aromatic carbocycles. The Hall–Kier alpha value is -1.05. The molecule has 0 atom stereocenters. The maximum atomic E-state index is 11.1. The van der Waals surface area contributed by atoms with E-state index in [2.05, 4.69) is 0 Å². The van der Waals surface area contributed by atoms with E-state index in [9.17, 15) is 8.42 Å². The van der Waals surface area contributed by atoms with Crippen LogP contribution in [0.2, 0.25) is 0 Å². The third-order valence-electron chi connectivity index (χ3n) is 2.00. The fourth-order valence-electron chi connectivity index (χ4n) is 1.26. The summed E-state index contributed by atoms with van der Waals surface area (Å²) in [6, 6.07) is 4.93. The number of hydrogen-bond acceptors (Lipinski definition) is 3. The molecule has 1 rings (SSSR count). The molecule has 0 aromatic heterocycles. The van der Waals surface area contributed by atoms with Crippen molar-refractivity contribution in [2.45, 2.75) is 18.7 Å². The van der Waals surface area contributed by atoms with Crippen LogP contribution < -0.4 is 0 Å². The molecule has 3 nitrogen and oxygen atoms in total. The average molecular weight is 230 g/mol. The van der Waals surface area contributed by atoms with E-state index in [0.29, 0.717) is 11.1 Å². The Labute approximate surface area is 87.4 Å². The van der Waals surface area contributed by atoms with Crippen LogP contribution in [0.5, 0.6) is 0 Å². The molecule has 0 aliphatic carbocycles. The summed E-state index contributed by atoms with van der Waals surface area (Å²) in [6.45, 7) is 3.32. The Bertz CT molecular complexity index is 514. The molecule has 0 amide bonds. The second kappa shape index (κ2) is 3.60. The van der Waals surface area contributed by atoms with Crippen LogP contribution in [-0.2, 0) is 9.05 Å². The summed E-state index contributed by atoms with van der Waals surface area (Å²) < 4.78 is 22.2. The zero-order chi connectivity index (χ0) is 10.9. The van der Waals surface area contributed by atoms with Gasteiger partial charge in [0.05, 0.1) is 16.5 Å². The molecule has 0 aliphatic rings. The first-order valence-electron chi connectivity index (χ1n) is 3.83. The number of benzene rings is 1. The second-order valence-corrected chi connectivity index (χ2v) is 5.46. The van der Waals surface area contributed by atoms with Crippen molar-refractivity contribution in [2.24, 2.45) is 0 Å². The van der Waals surface area contributed by atoms with E-state index in [1.54, 1.807) is 19.9 Å². The van der Waals surface area contributed by atoms with Gasteiger partial charge in [0.25, 0.3) is 9.05 Å². The topological polar surface area (TPSA) is 57.9 Å². The smallest absolute Gasteiger partial charge is 0.207 e. The zero-order valence-corrected chi connectivity index (χ0v) is 9.28.